The molecule has 0 bridgehead atoms. The van der Waals surface area contributed by atoms with Gasteiger partial charge >= 0.3 is 29.8 Å². The minimum atomic E-state index is -1.01. The van der Waals surface area contributed by atoms with E-state index < -0.39 is 42.4 Å². The number of nitrogens with zero attached hydrogens (tertiary/aromatic N) is 2. The van der Waals surface area contributed by atoms with Crippen molar-refractivity contribution in [2.75, 3.05) is 19.7 Å². The molecule has 1 atom stereocenters. The number of ether oxygens (including phenoxy) is 1. The largest absolute Gasteiger partial charge is 0.463 e. The Morgan fingerprint density at radius 3 is 2.32 bits per heavy atom. The molecular formula is C21H24N4O6. The zero-order chi connectivity index (χ0) is 22.7. The van der Waals surface area contributed by atoms with Crippen LogP contribution in [0.2, 0.25) is 0 Å². The summed E-state index contributed by atoms with van der Waals surface area (Å²) in [7, 11) is 0. The Morgan fingerprint density at radius 1 is 1.06 bits per heavy atom. The lowest BCUT2D eigenvalue weighted by molar-refractivity contribution is -0.143. The van der Waals surface area contributed by atoms with Gasteiger partial charge < -0.3 is 15.4 Å². The van der Waals surface area contributed by atoms with E-state index in [2.05, 4.69) is 10.6 Å². The number of carbonyl (C=O) groups excluding carboxylic acids is 5. The Labute approximate surface area is 179 Å². The van der Waals surface area contributed by atoms with Crippen LogP contribution in [0.25, 0.3) is 0 Å². The summed E-state index contributed by atoms with van der Waals surface area (Å²) in [6, 6.07) is 6.51. The van der Waals surface area contributed by atoms with Gasteiger partial charge in [0.1, 0.15) is 0 Å². The molecule has 0 saturated carbocycles. The van der Waals surface area contributed by atoms with Gasteiger partial charge in [-0.05, 0) is 18.4 Å². The van der Waals surface area contributed by atoms with E-state index in [1.165, 1.54) is 0 Å². The number of nitrogens with one attached hydrogen (secondary N) is 2. The number of esters is 1. The van der Waals surface area contributed by atoms with Crippen molar-refractivity contribution in [3.63, 3.8) is 0 Å². The van der Waals surface area contributed by atoms with Crippen LogP contribution >= 0.6 is 0 Å². The van der Waals surface area contributed by atoms with E-state index in [9.17, 15) is 24.0 Å². The van der Waals surface area contributed by atoms with Crippen LogP contribution in [0.1, 0.15) is 32.4 Å². The summed E-state index contributed by atoms with van der Waals surface area (Å²) in [5.41, 5.74) is 0.703. The van der Waals surface area contributed by atoms with Crippen LogP contribution in [0.4, 0.5) is 9.59 Å². The maximum Gasteiger partial charge on any atom is 0.338 e. The smallest absolute Gasteiger partial charge is 0.338 e. The number of imide groups is 2. The molecule has 0 spiro atoms. The third kappa shape index (κ3) is 4.42. The van der Waals surface area contributed by atoms with Gasteiger partial charge in [0.25, 0.3) is 0 Å². The number of benzene rings is 1. The highest BCUT2D eigenvalue weighted by molar-refractivity contribution is 6.44. The summed E-state index contributed by atoms with van der Waals surface area (Å²) in [5.74, 6) is -2.68. The number of rotatable bonds is 7. The highest BCUT2D eigenvalue weighted by atomic mass is 16.5. The van der Waals surface area contributed by atoms with Crippen molar-refractivity contribution in [2.24, 2.45) is 5.92 Å². The minimum Gasteiger partial charge on any atom is -0.463 e. The maximum atomic E-state index is 12.8. The fraction of sp³-hybridized carbons (Fsp3) is 0.381. The Bertz CT molecular complexity index is 956. The second kappa shape index (κ2) is 8.99. The third-order valence-corrected chi connectivity index (χ3v) is 4.78. The molecule has 3 rings (SSSR count). The van der Waals surface area contributed by atoms with E-state index >= 15 is 0 Å². The van der Waals surface area contributed by atoms with Crippen LogP contribution in [-0.4, -0.2) is 59.3 Å². The first-order valence-corrected chi connectivity index (χ1v) is 9.94. The molecule has 1 aromatic rings. The predicted molar refractivity (Wildman–Crippen MR) is 108 cm³/mol. The zero-order valence-electron chi connectivity index (χ0n) is 17.5. The van der Waals surface area contributed by atoms with Gasteiger partial charge in [-0.15, -0.1) is 0 Å². The van der Waals surface area contributed by atoms with Crippen LogP contribution in [-0.2, 0) is 19.1 Å². The second-order valence-corrected chi connectivity index (χ2v) is 7.54. The lowest BCUT2D eigenvalue weighted by Gasteiger charge is -2.30. The fourth-order valence-corrected chi connectivity index (χ4v) is 3.46. The van der Waals surface area contributed by atoms with Gasteiger partial charge in [0.15, 0.2) is 0 Å². The van der Waals surface area contributed by atoms with Gasteiger partial charge in [0.05, 0.1) is 30.5 Å². The minimum absolute atomic E-state index is 0.0250. The molecule has 2 aliphatic rings. The van der Waals surface area contributed by atoms with Crippen LogP contribution < -0.4 is 10.6 Å². The standard InChI is InChI=1S/C21H24N4O6/c1-4-31-19(28)15-14(22-20(29)23-16(15)13-8-6-5-7-9-13)11-25-18(27)17(26)24(21(25)30)10-12(2)3/h5-9,12,16H,4,10-11H2,1-3H3,(H2,22,23,29)/t16-/m0/s1. The molecule has 164 valence electrons. The lowest BCUT2D eigenvalue weighted by Crippen LogP contribution is -2.49. The maximum absolute atomic E-state index is 12.8. The Hall–Kier alpha value is -3.69. The first-order valence-electron chi connectivity index (χ1n) is 9.94. The van der Waals surface area contributed by atoms with Crippen molar-refractivity contribution >= 4 is 29.8 Å². The van der Waals surface area contributed by atoms with Crippen LogP contribution in [0, 0.1) is 5.92 Å². The fourth-order valence-electron chi connectivity index (χ4n) is 3.46. The molecule has 0 aromatic heterocycles. The lowest BCUT2D eigenvalue weighted by atomic mass is 9.95. The zero-order valence-corrected chi connectivity index (χ0v) is 17.5. The first kappa shape index (κ1) is 22.0. The number of amides is 6. The monoisotopic (exact) mass is 428 g/mol. The van der Waals surface area contributed by atoms with Crippen molar-refractivity contribution in [3.8, 4) is 0 Å². The molecule has 0 aliphatic carbocycles. The van der Waals surface area contributed by atoms with Crippen molar-refractivity contribution < 1.29 is 28.7 Å². The molecule has 1 aromatic carbocycles. The normalized spacial score (nSPS) is 19.2. The Balaban J connectivity index is 2.01. The second-order valence-electron chi connectivity index (χ2n) is 7.54. The predicted octanol–water partition coefficient (Wildman–Crippen LogP) is 1.30. The highest BCUT2D eigenvalue weighted by Gasteiger charge is 2.46. The molecule has 10 nitrogen and oxygen atoms in total. The van der Waals surface area contributed by atoms with Crippen LogP contribution in [0.5, 0.6) is 0 Å². The molecule has 1 fully saturated rings. The highest BCUT2D eigenvalue weighted by Crippen LogP contribution is 2.29. The van der Waals surface area contributed by atoms with E-state index in [1.54, 1.807) is 37.3 Å². The summed E-state index contributed by atoms with van der Waals surface area (Å²) in [4.78, 5) is 64.1. The SMILES string of the molecule is CCOC(=O)C1=C(CN2C(=O)C(=O)N(CC(C)C)C2=O)NC(=O)N[C@H]1c1ccccc1. The molecule has 10 heteroatoms. The Kier molecular flexibility index (Phi) is 6.38. The van der Waals surface area contributed by atoms with E-state index in [-0.39, 0.29) is 30.3 Å². The Morgan fingerprint density at radius 2 is 1.71 bits per heavy atom. The van der Waals surface area contributed by atoms with Crippen molar-refractivity contribution in [3.05, 3.63) is 47.2 Å². The van der Waals surface area contributed by atoms with Gasteiger partial charge in [-0.2, -0.15) is 0 Å². The van der Waals surface area contributed by atoms with Gasteiger partial charge in [-0.25, -0.2) is 19.3 Å². The number of carbonyl (C=O) groups is 5. The number of urea groups is 2. The number of hydrogen-bond donors (Lipinski definition) is 2. The molecular weight excluding hydrogens is 404 g/mol. The summed E-state index contributed by atoms with van der Waals surface area (Å²) in [6.07, 6.45) is 0. The van der Waals surface area contributed by atoms with Gasteiger partial charge in [-0.1, -0.05) is 44.2 Å². The van der Waals surface area contributed by atoms with Gasteiger partial charge in [0, 0.05) is 6.54 Å². The summed E-state index contributed by atoms with van der Waals surface area (Å²) in [6.45, 7) is 5.00. The van der Waals surface area contributed by atoms with E-state index in [0.717, 1.165) is 9.80 Å². The summed E-state index contributed by atoms with van der Waals surface area (Å²) in [5, 5.41) is 5.17. The number of hydrogen-bond acceptors (Lipinski definition) is 6. The van der Waals surface area contributed by atoms with Crippen molar-refractivity contribution in [1.29, 1.82) is 0 Å². The molecule has 31 heavy (non-hydrogen) atoms. The first-order chi connectivity index (χ1) is 14.7. The van der Waals surface area contributed by atoms with Crippen molar-refractivity contribution in [1.82, 2.24) is 20.4 Å². The third-order valence-electron chi connectivity index (χ3n) is 4.78. The van der Waals surface area contributed by atoms with E-state index in [1.807, 2.05) is 13.8 Å². The molecule has 1 saturated heterocycles. The summed E-state index contributed by atoms with van der Waals surface area (Å²) < 4.78 is 5.16. The average molecular weight is 428 g/mol. The molecule has 2 aliphatic heterocycles. The quantitative estimate of drug-likeness (QED) is 0.383. The van der Waals surface area contributed by atoms with Crippen LogP contribution in [0.15, 0.2) is 41.6 Å². The van der Waals surface area contributed by atoms with E-state index in [4.69, 9.17) is 4.74 Å². The molecule has 2 N–H and O–H groups in total. The molecule has 2 heterocycles. The molecule has 0 unspecified atom stereocenters. The summed E-state index contributed by atoms with van der Waals surface area (Å²) >= 11 is 0. The van der Waals surface area contributed by atoms with Crippen LogP contribution in [0.3, 0.4) is 0 Å². The van der Waals surface area contributed by atoms with Gasteiger partial charge in [-0.3, -0.25) is 14.5 Å². The van der Waals surface area contributed by atoms with Gasteiger partial charge in [0.2, 0.25) is 0 Å². The topological polar surface area (TPSA) is 125 Å². The molecule has 6 amide bonds. The van der Waals surface area contributed by atoms with Crippen molar-refractivity contribution in [2.45, 2.75) is 26.8 Å². The van der Waals surface area contributed by atoms with E-state index in [0.29, 0.717) is 5.56 Å². The molecule has 0 radical (unpaired) electrons. The average Bonchev–Trinajstić information content (AvgIpc) is 2.92.